The molecule has 196 valence electrons. The van der Waals surface area contributed by atoms with Gasteiger partial charge in [0, 0.05) is 6.42 Å². The second-order valence-electron chi connectivity index (χ2n) is 11.2. The molecule has 1 aliphatic rings. The van der Waals surface area contributed by atoms with Crippen LogP contribution in [0.3, 0.4) is 0 Å². The summed E-state index contributed by atoms with van der Waals surface area (Å²) in [7, 11) is -3.40. The minimum absolute atomic E-state index is 0.154. The van der Waals surface area contributed by atoms with E-state index in [1.54, 1.807) is 0 Å². The van der Waals surface area contributed by atoms with Gasteiger partial charge in [-0.2, -0.15) is 0 Å². The Labute approximate surface area is 214 Å². The highest BCUT2D eigenvalue weighted by Crippen LogP contribution is 2.56. The van der Waals surface area contributed by atoms with Crippen LogP contribution in [0.2, 0.25) is 0 Å². The highest BCUT2D eigenvalue weighted by Gasteiger charge is 2.38. The third kappa shape index (κ3) is 8.58. The molecule has 0 saturated carbocycles. The molecule has 0 bridgehead atoms. The maximum Gasteiger partial charge on any atom is 0.416 e. The molecular formula is C28H38NO6P. The van der Waals surface area contributed by atoms with E-state index in [1.807, 2.05) is 96.1 Å². The quantitative estimate of drug-likeness (QED) is 0.353. The van der Waals surface area contributed by atoms with E-state index in [4.69, 9.17) is 13.8 Å². The number of aryl methyl sites for hydroxylation is 1. The van der Waals surface area contributed by atoms with E-state index in [9.17, 15) is 14.2 Å². The molecule has 2 amide bonds. The fraction of sp³-hybridized carbons (Fsp3) is 0.500. The largest absolute Gasteiger partial charge is 0.447 e. The molecule has 1 atom stereocenters. The van der Waals surface area contributed by atoms with Crippen molar-refractivity contribution >= 4 is 19.6 Å². The van der Waals surface area contributed by atoms with Gasteiger partial charge < -0.3 is 13.8 Å². The molecule has 36 heavy (non-hydrogen) atoms. The summed E-state index contributed by atoms with van der Waals surface area (Å²) < 4.78 is 30.4. The molecule has 3 rings (SSSR count). The van der Waals surface area contributed by atoms with E-state index in [0.29, 0.717) is 12.8 Å². The van der Waals surface area contributed by atoms with Crippen molar-refractivity contribution in [1.29, 1.82) is 0 Å². The first kappa shape index (κ1) is 28.1. The number of carbonyl (C=O) groups excluding carboxylic acids is 2. The van der Waals surface area contributed by atoms with E-state index >= 15 is 0 Å². The zero-order chi connectivity index (χ0) is 26.6. The Morgan fingerprint density at radius 3 is 2.03 bits per heavy atom. The molecule has 1 fully saturated rings. The summed E-state index contributed by atoms with van der Waals surface area (Å²) in [6.45, 7) is 11.3. The van der Waals surface area contributed by atoms with Crippen LogP contribution in [0, 0.1) is 0 Å². The van der Waals surface area contributed by atoms with Gasteiger partial charge in [0.05, 0.1) is 23.4 Å². The minimum atomic E-state index is -3.40. The van der Waals surface area contributed by atoms with Gasteiger partial charge in [0.2, 0.25) is 5.91 Å². The maximum atomic E-state index is 13.5. The SMILES string of the molecule is CC(C)(C)OP(=O)(Cc1ccc(CCC(=O)N2C(=O)OCC2Cc2ccccc2)cc1)OC(C)(C)C. The van der Waals surface area contributed by atoms with Gasteiger partial charge in [-0.3, -0.25) is 9.36 Å². The van der Waals surface area contributed by atoms with Crippen LogP contribution in [0.5, 0.6) is 0 Å². The average Bonchev–Trinajstić information content (AvgIpc) is 3.10. The highest BCUT2D eigenvalue weighted by atomic mass is 31.2. The van der Waals surface area contributed by atoms with Gasteiger partial charge in [-0.25, -0.2) is 9.69 Å². The summed E-state index contributed by atoms with van der Waals surface area (Å²) in [6.07, 6.45) is 0.820. The highest BCUT2D eigenvalue weighted by molar-refractivity contribution is 7.53. The van der Waals surface area contributed by atoms with Gasteiger partial charge in [0.15, 0.2) is 0 Å². The lowest BCUT2D eigenvalue weighted by Crippen LogP contribution is -2.40. The van der Waals surface area contributed by atoms with Gasteiger partial charge in [-0.1, -0.05) is 54.6 Å². The van der Waals surface area contributed by atoms with Crippen LogP contribution in [0.4, 0.5) is 4.79 Å². The van der Waals surface area contributed by atoms with Crippen molar-refractivity contribution in [2.45, 2.75) is 84.2 Å². The molecule has 7 nitrogen and oxygen atoms in total. The van der Waals surface area contributed by atoms with Gasteiger partial charge in [-0.15, -0.1) is 0 Å². The van der Waals surface area contributed by atoms with Crippen molar-refractivity contribution in [2.75, 3.05) is 6.61 Å². The monoisotopic (exact) mass is 515 g/mol. The van der Waals surface area contributed by atoms with Crippen LogP contribution in [-0.2, 0) is 42.1 Å². The Bertz CT molecular complexity index is 1070. The zero-order valence-electron chi connectivity index (χ0n) is 22.2. The molecule has 0 aliphatic carbocycles. The number of amides is 2. The van der Waals surface area contributed by atoms with Crippen molar-refractivity contribution in [3.05, 3.63) is 71.3 Å². The van der Waals surface area contributed by atoms with Crippen LogP contribution in [0.15, 0.2) is 54.6 Å². The number of hydrogen-bond donors (Lipinski definition) is 0. The first-order valence-corrected chi connectivity index (χ1v) is 14.1. The molecule has 8 heteroatoms. The van der Waals surface area contributed by atoms with E-state index in [1.165, 1.54) is 4.90 Å². The lowest BCUT2D eigenvalue weighted by atomic mass is 10.0. The summed E-state index contributed by atoms with van der Waals surface area (Å²) in [4.78, 5) is 26.4. The van der Waals surface area contributed by atoms with Crippen LogP contribution < -0.4 is 0 Å². The summed E-state index contributed by atoms with van der Waals surface area (Å²) in [5.74, 6) is -0.246. The van der Waals surface area contributed by atoms with Crippen LogP contribution in [-0.4, -0.2) is 40.8 Å². The molecule has 1 aliphatic heterocycles. The number of cyclic esters (lactones) is 1. The number of ether oxygens (including phenoxy) is 1. The standard InChI is InChI=1S/C28H38NO6P/c1-27(2,3)34-36(32,35-28(4,5)6)20-23-14-12-21(13-15-23)16-17-25(30)29-24(19-33-26(29)31)18-22-10-8-7-9-11-22/h7-15,24H,16-20H2,1-6H3. The second-order valence-corrected chi connectivity index (χ2v) is 13.1. The van der Waals surface area contributed by atoms with Crippen molar-refractivity contribution in [2.24, 2.45) is 0 Å². The summed E-state index contributed by atoms with van der Waals surface area (Å²) in [5, 5.41) is 0. The smallest absolute Gasteiger partial charge is 0.416 e. The minimum Gasteiger partial charge on any atom is -0.447 e. The molecule has 0 spiro atoms. The summed E-state index contributed by atoms with van der Waals surface area (Å²) >= 11 is 0. The lowest BCUT2D eigenvalue weighted by Gasteiger charge is -2.32. The van der Waals surface area contributed by atoms with Crippen LogP contribution >= 0.6 is 7.60 Å². The molecule has 0 radical (unpaired) electrons. The Morgan fingerprint density at radius 1 is 0.917 bits per heavy atom. The first-order chi connectivity index (χ1) is 16.7. The number of imide groups is 1. The number of benzene rings is 2. The molecule has 2 aromatic rings. The van der Waals surface area contributed by atoms with Gasteiger partial charge in [-0.05, 0) is 71.1 Å². The van der Waals surface area contributed by atoms with Crippen LogP contribution in [0.25, 0.3) is 0 Å². The van der Waals surface area contributed by atoms with E-state index in [-0.39, 0.29) is 31.1 Å². The first-order valence-electron chi connectivity index (χ1n) is 12.3. The normalized spacial score (nSPS) is 16.8. The average molecular weight is 516 g/mol. The molecule has 1 unspecified atom stereocenters. The van der Waals surface area contributed by atoms with Crippen molar-refractivity contribution < 1.29 is 27.9 Å². The summed E-state index contributed by atoms with van der Waals surface area (Å²) in [6, 6.07) is 17.0. The van der Waals surface area contributed by atoms with Gasteiger partial charge >= 0.3 is 13.7 Å². The van der Waals surface area contributed by atoms with Crippen molar-refractivity contribution in [3.63, 3.8) is 0 Å². The Balaban J connectivity index is 1.61. The van der Waals surface area contributed by atoms with E-state index in [2.05, 4.69) is 0 Å². The number of carbonyl (C=O) groups is 2. The molecule has 1 heterocycles. The Morgan fingerprint density at radius 2 is 1.47 bits per heavy atom. The predicted octanol–water partition coefficient (Wildman–Crippen LogP) is 6.53. The molecule has 1 saturated heterocycles. The van der Waals surface area contributed by atoms with Gasteiger partial charge in [0.25, 0.3) is 0 Å². The third-order valence-corrected chi connectivity index (χ3v) is 7.80. The van der Waals surface area contributed by atoms with E-state index < -0.39 is 24.9 Å². The second kappa shape index (κ2) is 11.3. The zero-order valence-corrected chi connectivity index (χ0v) is 23.0. The van der Waals surface area contributed by atoms with Crippen molar-refractivity contribution in [1.82, 2.24) is 4.90 Å². The fourth-order valence-electron chi connectivity index (χ4n) is 4.13. The van der Waals surface area contributed by atoms with Crippen molar-refractivity contribution in [3.8, 4) is 0 Å². The number of hydrogen-bond acceptors (Lipinski definition) is 6. The molecular weight excluding hydrogens is 477 g/mol. The molecule has 0 N–H and O–H groups in total. The third-order valence-electron chi connectivity index (χ3n) is 5.40. The molecule has 2 aromatic carbocycles. The fourth-order valence-corrected chi connectivity index (χ4v) is 6.62. The maximum absolute atomic E-state index is 13.5. The molecule has 0 aromatic heterocycles. The topological polar surface area (TPSA) is 82.1 Å². The Hall–Kier alpha value is -2.47. The van der Waals surface area contributed by atoms with Crippen LogP contribution in [0.1, 0.15) is 64.7 Å². The predicted molar refractivity (Wildman–Crippen MR) is 140 cm³/mol. The van der Waals surface area contributed by atoms with E-state index in [0.717, 1.165) is 16.7 Å². The number of nitrogens with zero attached hydrogens (tertiary/aromatic N) is 1. The van der Waals surface area contributed by atoms with Gasteiger partial charge in [0.1, 0.15) is 6.61 Å². The Kier molecular flexibility index (Phi) is 8.81. The summed E-state index contributed by atoms with van der Waals surface area (Å²) in [5.41, 5.74) is 1.60. The number of rotatable bonds is 9. The lowest BCUT2D eigenvalue weighted by molar-refractivity contribution is -0.129.